The number of alkyl halides is 2. The Morgan fingerprint density at radius 2 is 1.95 bits per heavy atom. The zero-order chi connectivity index (χ0) is 15.1. The predicted octanol–water partition coefficient (Wildman–Crippen LogP) is 0.423. The van der Waals surface area contributed by atoms with Crippen LogP contribution in [-0.4, -0.2) is 25.1 Å². The van der Waals surface area contributed by atoms with Crippen LogP contribution in [0.25, 0.3) is 11.0 Å². The first-order valence-electron chi connectivity index (χ1n) is 5.33. The number of hydrogen-bond acceptors (Lipinski definition) is 4. The number of halogens is 2. The second-order valence-electron chi connectivity index (χ2n) is 4.11. The SMILES string of the molecule is Nn1c(=O)c(CC(F)(F)P(=O)(O)O)nc2ccccc21. The minimum Gasteiger partial charge on any atom is -0.336 e. The summed E-state index contributed by atoms with van der Waals surface area (Å²) in [5.74, 6) is 5.47. The number of aromatic nitrogens is 2. The molecule has 1 heterocycles. The molecule has 0 unspecified atom stereocenters. The van der Waals surface area contributed by atoms with E-state index in [1.54, 1.807) is 12.1 Å². The summed E-state index contributed by atoms with van der Waals surface area (Å²) in [7, 11) is -5.69. The number of nitrogens with two attached hydrogens (primary N) is 1. The highest BCUT2D eigenvalue weighted by Crippen LogP contribution is 2.53. The minimum atomic E-state index is -5.69. The Hall–Kier alpha value is -1.83. The van der Waals surface area contributed by atoms with Crippen molar-refractivity contribution in [3.05, 3.63) is 40.3 Å². The van der Waals surface area contributed by atoms with Gasteiger partial charge >= 0.3 is 13.3 Å². The van der Waals surface area contributed by atoms with E-state index in [0.29, 0.717) is 4.68 Å². The van der Waals surface area contributed by atoms with E-state index in [0.717, 1.165) is 0 Å². The van der Waals surface area contributed by atoms with Crippen LogP contribution in [0.4, 0.5) is 8.78 Å². The van der Waals surface area contributed by atoms with Gasteiger partial charge in [0.2, 0.25) is 0 Å². The summed E-state index contributed by atoms with van der Waals surface area (Å²) in [5.41, 5.74) is -5.72. The van der Waals surface area contributed by atoms with Crippen molar-refractivity contribution in [3.63, 3.8) is 0 Å². The van der Waals surface area contributed by atoms with Crippen LogP contribution in [0, 0.1) is 0 Å². The highest BCUT2D eigenvalue weighted by atomic mass is 31.2. The lowest BCUT2D eigenvalue weighted by Crippen LogP contribution is -2.34. The number of nitrogen functional groups attached to an aromatic ring is 1. The molecule has 0 aliphatic carbocycles. The molecule has 2 rings (SSSR count). The first-order valence-corrected chi connectivity index (χ1v) is 6.94. The van der Waals surface area contributed by atoms with Crippen LogP contribution in [-0.2, 0) is 11.0 Å². The van der Waals surface area contributed by atoms with Crippen molar-refractivity contribution in [2.24, 2.45) is 0 Å². The fourth-order valence-corrected chi connectivity index (χ4v) is 1.98. The van der Waals surface area contributed by atoms with Crippen molar-refractivity contribution < 1.29 is 23.1 Å². The van der Waals surface area contributed by atoms with Crippen LogP contribution in [0.2, 0.25) is 0 Å². The molecule has 0 spiro atoms. The van der Waals surface area contributed by atoms with Gasteiger partial charge in [-0.25, -0.2) is 9.66 Å². The van der Waals surface area contributed by atoms with Gasteiger partial charge in [0.05, 0.1) is 17.5 Å². The number of para-hydroxylation sites is 2. The lowest BCUT2D eigenvalue weighted by Gasteiger charge is -2.17. The van der Waals surface area contributed by atoms with Crippen molar-refractivity contribution in [2.75, 3.05) is 5.84 Å². The fraction of sp³-hybridized carbons (Fsp3) is 0.200. The number of fused-ring (bicyclic) bond motifs is 1. The Morgan fingerprint density at radius 1 is 1.35 bits per heavy atom. The molecule has 0 atom stereocenters. The molecule has 4 N–H and O–H groups in total. The van der Waals surface area contributed by atoms with E-state index in [1.165, 1.54) is 12.1 Å². The third-order valence-electron chi connectivity index (χ3n) is 2.67. The number of rotatable bonds is 3. The molecule has 0 aliphatic heterocycles. The average Bonchev–Trinajstić information content (AvgIpc) is 2.34. The van der Waals surface area contributed by atoms with Crippen molar-refractivity contribution in [2.45, 2.75) is 12.1 Å². The van der Waals surface area contributed by atoms with Crippen LogP contribution in [0.15, 0.2) is 29.1 Å². The molecule has 0 saturated carbocycles. The molecule has 0 radical (unpaired) electrons. The minimum absolute atomic E-state index is 0.172. The third-order valence-corrected chi connectivity index (χ3v) is 3.68. The van der Waals surface area contributed by atoms with Gasteiger partial charge in [-0.2, -0.15) is 8.78 Å². The maximum atomic E-state index is 13.3. The van der Waals surface area contributed by atoms with Crippen molar-refractivity contribution in [3.8, 4) is 0 Å². The van der Waals surface area contributed by atoms with Gasteiger partial charge in [0.15, 0.2) is 0 Å². The standard InChI is InChI=1S/C10H10F2N3O4P/c11-10(12,20(17,18)19)5-7-9(16)15(13)8-4-2-1-3-6(8)14-7/h1-4H,5,13H2,(H2,17,18,19). The topological polar surface area (TPSA) is 118 Å². The van der Waals surface area contributed by atoms with Gasteiger partial charge in [0, 0.05) is 0 Å². The molecule has 0 saturated heterocycles. The summed E-state index contributed by atoms with van der Waals surface area (Å²) >= 11 is 0. The molecule has 10 heteroatoms. The van der Waals surface area contributed by atoms with Gasteiger partial charge in [-0.3, -0.25) is 9.36 Å². The van der Waals surface area contributed by atoms with Gasteiger partial charge in [-0.05, 0) is 12.1 Å². The number of hydrogen-bond donors (Lipinski definition) is 3. The van der Waals surface area contributed by atoms with E-state index in [2.05, 4.69) is 4.98 Å². The summed E-state index contributed by atoms with van der Waals surface area (Å²) in [6.45, 7) is 0. The van der Waals surface area contributed by atoms with E-state index in [1.807, 2.05) is 0 Å². The second kappa shape index (κ2) is 4.62. The van der Waals surface area contributed by atoms with Crippen LogP contribution < -0.4 is 11.4 Å². The highest BCUT2D eigenvalue weighted by molar-refractivity contribution is 7.53. The van der Waals surface area contributed by atoms with Crippen LogP contribution in [0.1, 0.15) is 5.69 Å². The summed E-state index contributed by atoms with van der Waals surface area (Å²) in [4.78, 5) is 32.6. The monoisotopic (exact) mass is 305 g/mol. The van der Waals surface area contributed by atoms with Gasteiger partial charge in [-0.1, -0.05) is 12.1 Å². The highest BCUT2D eigenvalue weighted by Gasteiger charge is 2.49. The molecular formula is C10H10F2N3O4P. The van der Waals surface area contributed by atoms with Gasteiger partial charge in [0.1, 0.15) is 5.69 Å². The fourth-order valence-electron chi connectivity index (χ4n) is 1.62. The molecule has 0 bridgehead atoms. The maximum Gasteiger partial charge on any atom is 0.394 e. The lowest BCUT2D eigenvalue weighted by molar-refractivity contribution is 0.0581. The first-order chi connectivity index (χ1) is 9.13. The van der Waals surface area contributed by atoms with Crippen molar-refractivity contribution in [1.29, 1.82) is 0 Å². The van der Waals surface area contributed by atoms with E-state index in [-0.39, 0.29) is 11.0 Å². The Balaban J connectivity index is 2.60. The summed E-state index contributed by atoms with van der Waals surface area (Å²) < 4.78 is 38.0. The van der Waals surface area contributed by atoms with Crippen LogP contribution in [0.5, 0.6) is 0 Å². The average molecular weight is 305 g/mol. The molecule has 0 fully saturated rings. The molecule has 1 aromatic heterocycles. The largest absolute Gasteiger partial charge is 0.394 e. The lowest BCUT2D eigenvalue weighted by atomic mass is 10.2. The zero-order valence-electron chi connectivity index (χ0n) is 9.90. The van der Waals surface area contributed by atoms with Gasteiger partial charge in [0.25, 0.3) is 5.56 Å². The smallest absolute Gasteiger partial charge is 0.336 e. The molecule has 20 heavy (non-hydrogen) atoms. The van der Waals surface area contributed by atoms with E-state index < -0.39 is 30.9 Å². The molecule has 0 aliphatic rings. The second-order valence-corrected chi connectivity index (χ2v) is 5.85. The Kier molecular flexibility index (Phi) is 3.37. The number of benzene rings is 1. The van der Waals surface area contributed by atoms with Crippen molar-refractivity contribution in [1.82, 2.24) is 9.66 Å². The molecule has 108 valence electrons. The van der Waals surface area contributed by atoms with Gasteiger partial charge in [-0.15, -0.1) is 0 Å². The molecule has 0 amide bonds. The van der Waals surface area contributed by atoms with Crippen molar-refractivity contribution >= 4 is 18.6 Å². The molecule has 1 aromatic carbocycles. The van der Waals surface area contributed by atoms with E-state index in [9.17, 15) is 18.1 Å². The Labute approximate surface area is 110 Å². The summed E-state index contributed by atoms with van der Waals surface area (Å²) in [6, 6.07) is 6.05. The Bertz CT molecular complexity index is 771. The number of nitrogens with zero attached hydrogens (tertiary/aromatic N) is 2. The normalized spacial score (nSPS) is 12.8. The summed E-state index contributed by atoms with van der Waals surface area (Å²) in [5, 5.41) is 0. The summed E-state index contributed by atoms with van der Waals surface area (Å²) in [6.07, 6.45) is -1.49. The predicted molar refractivity (Wildman–Crippen MR) is 66.8 cm³/mol. The zero-order valence-corrected chi connectivity index (χ0v) is 10.8. The molecular weight excluding hydrogens is 295 g/mol. The first kappa shape index (κ1) is 14.6. The van der Waals surface area contributed by atoms with Gasteiger partial charge < -0.3 is 15.6 Å². The van der Waals surface area contributed by atoms with Crippen LogP contribution >= 0.6 is 7.60 Å². The molecule has 7 nitrogen and oxygen atoms in total. The van der Waals surface area contributed by atoms with E-state index in [4.69, 9.17) is 15.6 Å². The Morgan fingerprint density at radius 3 is 2.55 bits per heavy atom. The maximum absolute atomic E-state index is 13.3. The molecule has 2 aromatic rings. The third kappa shape index (κ3) is 2.43. The van der Waals surface area contributed by atoms with Crippen LogP contribution in [0.3, 0.4) is 0 Å². The van der Waals surface area contributed by atoms with E-state index >= 15 is 0 Å². The quantitative estimate of drug-likeness (QED) is 0.559.